The molecule has 2 aliphatic rings. The Balaban J connectivity index is 1.84. The molecule has 5 nitrogen and oxygen atoms in total. The van der Waals surface area contributed by atoms with Gasteiger partial charge in [-0.05, 0) is 24.1 Å². The predicted molar refractivity (Wildman–Crippen MR) is 78.0 cm³/mol. The van der Waals surface area contributed by atoms with Gasteiger partial charge in [0.05, 0.1) is 0 Å². The monoisotopic (exact) mass is 379 g/mol. The van der Waals surface area contributed by atoms with Crippen LogP contribution in [0.1, 0.15) is 24.3 Å². The molecule has 0 aliphatic carbocycles. The maximum Gasteiger partial charge on any atom is 0.534 e. The summed E-state index contributed by atoms with van der Waals surface area (Å²) in [6.45, 7) is 0.376. The van der Waals surface area contributed by atoms with Gasteiger partial charge in [-0.1, -0.05) is 12.1 Å². The number of fused-ring (bicyclic) bond motifs is 1. The molecule has 1 amide bonds. The summed E-state index contributed by atoms with van der Waals surface area (Å²) in [5.74, 6) is -1.82. The number of halogens is 4. The highest BCUT2D eigenvalue weighted by Gasteiger charge is 2.50. The van der Waals surface area contributed by atoms with Crippen LogP contribution in [0.5, 0.6) is 0 Å². The Morgan fingerprint density at radius 1 is 1.16 bits per heavy atom. The third kappa shape index (κ3) is 3.35. The minimum atomic E-state index is -5.83. The topological polar surface area (TPSA) is 63.7 Å². The number of hydrogen-bond donors (Lipinski definition) is 0. The molecule has 1 aromatic carbocycles. The van der Waals surface area contributed by atoms with Gasteiger partial charge in [0.1, 0.15) is 11.6 Å². The largest absolute Gasteiger partial charge is 0.534 e. The molecule has 0 radical (unpaired) electrons. The number of carbonyl (C=O) groups is 1. The lowest BCUT2D eigenvalue weighted by atomic mass is 9.88. The highest BCUT2D eigenvalue weighted by molar-refractivity contribution is 7.87. The molecular formula is C15H13F4NO4S. The van der Waals surface area contributed by atoms with Crippen LogP contribution in [0.2, 0.25) is 0 Å². The standard InChI is InChI=1S/C15H13F4NO4S/c16-10-3-1-9(2-4-10)12-5-6-20-13(12)7-11(8-14(20)21)24-25(22,23)15(17,18)19/h1-4,8,12-13H,5-7H2. The van der Waals surface area contributed by atoms with E-state index >= 15 is 0 Å². The first-order valence-corrected chi connectivity index (χ1v) is 8.77. The van der Waals surface area contributed by atoms with E-state index in [0.29, 0.717) is 13.0 Å². The molecule has 0 saturated carbocycles. The third-order valence-electron chi connectivity index (χ3n) is 4.32. The van der Waals surface area contributed by atoms with Gasteiger partial charge in [0.15, 0.2) is 0 Å². The van der Waals surface area contributed by atoms with E-state index < -0.39 is 39.2 Å². The maximum absolute atomic E-state index is 13.1. The molecule has 0 N–H and O–H groups in total. The van der Waals surface area contributed by atoms with Gasteiger partial charge in [-0.2, -0.15) is 21.6 Å². The van der Waals surface area contributed by atoms with E-state index in [1.54, 1.807) is 12.1 Å². The minimum Gasteiger partial charge on any atom is -0.380 e. The normalized spacial score (nSPS) is 24.1. The van der Waals surface area contributed by atoms with Crippen LogP contribution in [0.25, 0.3) is 0 Å². The molecule has 0 aromatic heterocycles. The lowest BCUT2D eigenvalue weighted by Crippen LogP contribution is -2.41. The van der Waals surface area contributed by atoms with Gasteiger partial charge in [-0.3, -0.25) is 4.79 Å². The summed E-state index contributed by atoms with van der Waals surface area (Å²) < 4.78 is 76.9. The number of carbonyl (C=O) groups excluding carboxylic acids is 1. The number of alkyl halides is 3. The van der Waals surface area contributed by atoms with Crippen molar-refractivity contribution in [1.29, 1.82) is 0 Å². The van der Waals surface area contributed by atoms with Gasteiger partial charge in [0.2, 0.25) is 5.91 Å². The average molecular weight is 379 g/mol. The summed E-state index contributed by atoms with van der Waals surface area (Å²) in [6.07, 6.45) is 1.14. The molecular weight excluding hydrogens is 366 g/mol. The van der Waals surface area contributed by atoms with Crippen molar-refractivity contribution in [2.24, 2.45) is 0 Å². The Morgan fingerprint density at radius 2 is 1.80 bits per heavy atom. The van der Waals surface area contributed by atoms with Crippen molar-refractivity contribution in [1.82, 2.24) is 4.90 Å². The first kappa shape index (κ1) is 17.7. The lowest BCUT2D eigenvalue weighted by Gasteiger charge is -2.32. The Morgan fingerprint density at radius 3 is 2.40 bits per heavy atom. The van der Waals surface area contributed by atoms with Crippen LogP contribution in [-0.2, 0) is 19.1 Å². The summed E-state index contributed by atoms with van der Waals surface area (Å²) >= 11 is 0. The molecule has 2 unspecified atom stereocenters. The molecule has 2 heterocycles. The molecule has 1 saturated heterocycles. The van der Waals surface area contributed by atoms with Gasteiger partial charge >= 0.3 is 15.6 Å². The molecule has 10 heteroatoms. The second kappa shape index (κ2) is 6.01. The zero-order valence-electron chi connectivity index (χ0n) is 12.7. The van der Waals surface area contributed by atoms with Crippen molar-refractivity contribution in [3.05, 3.63) is 47.5 Å². The van der Waals surface area contributed by atoms with Crippen LogP contribution >= 0.6 is 0 Å². The summed E-state index contributed by atoms with van der Waals surface area (Å²) in [7, 11) is -5.83. The average Bonchev–Trinajstić information content (AvgIpc) is 2.91. The van der Waals surface area contributed by atoms with Crippen molar-refractivity contribution in [3.8, 4) is 0 Å². The SMILES string of the molecule is O=C1C=C(OS(=O)(=O)C(F)(F)F)CC2C(c3ccc(F)cc3)CCN12. The first-order chi connectivity index (χ1) is 11.6. The Bertz CT molecular complexity index is 817. The number of amides is 1. The number of nitrogens with zero attached hydrogens (tertiary/aromatic N) is 1. The quantitative estimate of drug-likeness (QED) is 0.460. The van der Waals surface area contributed by atoms with Gasteiger partial charge in [0, 0.05) is 31.0 Å². The van der Waals surface area contributed by atoms with E-state index in [9.17, 15) is 30.8 Å². The Labute approximate surface area is 141 Å². The van der Waals surface area contributed by atoms with Crippen LogP contribution < -0.4 is 0 Å². The van der Waals surface area contributed by atoms with Crippen LogP contribution in [0.3, 0.4) is 0 Å². The third-order valence-corrected chi connectivity index (χ3v) is 5.32. The molecule has 136 valence electrons. The molecule has 2 aliphatic heterocycles. The van der Waals surface area contributed by atoms with Gasteiger partial charge in [-0.15, -0.1) is 0 Å². The fourth-order valence-electron chi connectivity index (χ4n) is 3.21. The van der Waals surface area contributed by atoms with Crippen LogP contribution in [0.4, 0.5) is 17.6 Å². The van der Waals surface area contributed by atoms with Crippen molar-refractivity contribution >= 4 is 16.0 Å². The highest BCUT2D eigenvalue weighted by atomic mass is 32.2. The zero-order valence-corrected chi connectivity index (χ0v) is 13.5. The fourth-order valence-corrected chi connectivity index (χ4v) is 3.70. The number of rotatable bonds is 3. The summed E-state index contributed by atoms with van der Waals surface area (Å²) in [5, 5.41) is 0. The van der Waals surface area contributed by atoms with Crippen LogP contribution in [0, 0.1) is 5.82 Å². The zero-order chi connectivity index (χ0) is 18.4. The van der Waals surface area contributed by atoms with Gasteiger partial charge in [-0.25, -0.2) is 4.39 Å². The van der Waals surface area contributed by atoms with Crippen LogP contribution in [0.15, 0.2) is 36.1 Å². The summed E-state index contributed by atoms with van der Waals surface area (Å²) in [4.78, 5) is 13.5. The molecule has 3 rings (SSSR count). The predicted octanol–water partition coefficient (Wildman–Crippen LogP) is 2.66. The number of benzene rings is 1. The second-order valence-electron chi connectivity index (χ2n) is 5.84. The fraction of sp³-hybridized carbons (Fsp3) is 0.400. The van der Waals surface area contributed by atoms with Crippen molar-refractivity contribution in [3.63, 3.8) is 0 Å². The number of hydrogen-bond acceptors (Lipinski definition) is 4. The van der Waals surface area contributed by atoms with Crippen molar-refractivity contribution in [2.45, 2.75) is 30.3 Å². The van der Waals surface area contributed by atoms with E-state index in [0.717, 1.165) is 11.6 Å². The molecule has 2 atom stereocenters. The Hall–Kier alpha value is -2.10. The van der Waals surface area contributed by atoms with E-state index in [1.165, 1.54) is 17.0 Å². The maximum atomic E-state index is 13.1. The minimum absolute atomic E-state index is 0.164. The molecule has 0 spiro atoms. The van der Waals surface area contributed by atoms with Gasteiger partial charge in [0.25, 0.3) is 0 Å². The second-order valence-corrected chi connectivity index (χ2v) is 7.38. The summed E-state index contributed by atoms with van der Waals surface area (Å²) in [5.41, 5.74) is -4.85. The van der Waals surface area contributed by atoms with E-state index in [4.69, 9.17) is 0 Å². The molecule has 0 bridgehead atoms. The molecule has 1 fully saturated rings. The highest BCUT2D eigenvalue weighted by Crippen LogP contribution is 2.40. The lowest BCUT2D eigenvalue weighted by molar-refractivity contribution is -0.128. The van der Waals surface area contributed by atoms with Gasteiger partial charge < -0.3 is 9.08 Å². The van der Waals surface area contributed by atoms with Crippen molar-refractivity contribution in [2.75, 3.05) is 6.54 Å². The first-order valence-electron chi connectivity index (χ1n) is 7.36. The van der Waals surface area contributed by atoms with E-state index in [2.05, 4.69) is 4.18 Å². The Kier molecular flexibility index (Phi) is 4.26. The molecule has 1 aromatic rings. The summed E-state index contributed by atoms with van der Waals surface area (Å²) in [6, 6.07) is 5.05. The van der Waals surface area contributed by atoms with E-state index in [-0.39, 0.29) is 12.3 Å². The van der Waals surface area contributed by atoms with Crippen molar-refractivity contribution < 1.29 is 35.0 Å². The smallest absolute Gasteiger partial charge is 0.380 e. The van der Waals surface area contributed by atoms with E-state index in [1.807, 2.05) is 0 Å². The molecule has 25 heavy (non-hydrogen) atoms. The van der Waals surface area contributed by atoms with Crippen LogP contribution in [-0.4, -0.2) is 37.3 Å².